The number of H-pyrrole nitrogens is 3. The smallest absolute Gasteiger partial charge is 0.264 e. The van der Waals surface area contributed by atoms with Crippen LogP contribution in [0.1, 0.15) is 0 Å². The maximum Gasteiger partial charge on any atom is 0.264 e. The van der Waals surface area contributed by atoms with Gasteiger partial charge in [0.15, 0.2) is 0 Å². The van der Waals surface area contributed by atoms with Crippen molar-refractivity contribution in [1.82, 2.24) is 30.4 Å². The van der Waals surface area contributed by atoms with Crippen LogP contribution in [0, 0.1) is 0 Å². The number of fused-ring (bicyclic) bond motifs is 2. The fourth-order valence-electron chi connectivity index (χ4n) is 2.12. The first-order valence-corrected chi connectivity index (χ1v) is 6.30. The molecule has 5 N–H and O–H groups in total. The van der Waals surface area contributed by atoms with E-state index in [-0.39, 0.29) is 11.5 Å². The van der Waals surface area contributed by atoms with Crippen molar-refractivity contribution in [2.75, 3.05) is 5.73 Å². The minimum absolute atomic E-state index is 0.0410. The van der Waals surface area contributed by atoms with Gasteiger partial charge in [-0.1, -0.05) is 0 Å². The van der Waals surface area contributed by atoms with Gasteiger partial charge >= 0.3 is 0 Å². The van der Waals surface area contributed by atoms with Gasteiger partial charge < -0.3 is 10.7 Å². The molecule has 3 aromatic heterocycles. The van der Waals surface area contributed by atoms with E-state index >= 15 is 0 Å². The van der Waals surface area contributed by atoms with Crippen LogP contribution in [0.4, 0.5) is 17.3 Å². The van der Waals surface area contributed by atoms with Crippen molar-refractivity contribution in [2.24, 2.45) is 10.2 Å². The second-order valence-corrected chi connectivity index (χ2v) is 4.55. The summed E-state index contributed by atoms with van der Waals surface area (Å²) in [6.45, 7) is 0. The quantitative estimate of drug-likeness (QED) is 0.413. The van der Waals surface area contributed by atoms with Crippen LogP contribution in [-0.2, 0) is 0 Å². The van der Waals surface area contributed by atoms with Crippen LogP contribution in [0.3, 0.4) is 0 Å². The summed E-state index contributed by atoms with van der Waals surface area (Å²) in [5.41, 5.74) is 7.87. The van der Waals surface area contributed by atoms with E-state index in [0.717, 1.165) is 5.52 Å². The molecule has 0 aliphatic carbocycles. The Bertz CT molecular complexity index is 1070. The van der Waals surface area contributed by atoms with E-state index in [1.54, 1.807) is 24.4 Å². The molecule has 0 aliphatic rings. The molecule has 0 amide bonds. The molecule has 3 heterocycles. The predicted octanol–water partition coefficient (Wildman–Crippen LogP) is 1.52. The highest BCUT2D eigenvalue weighted by Gasteiger charge is 2.09. The third-order valence-corrected chi connectivity index (χ3v) is 3.11. The van der Waals surface area contributed by atoms with Gasteiger partial charge in [-0.05, 0) is 18.2 Å². The van der Waals surface area contributed by atoms with Gasteiger partial charge in [0.2, 0.25) is 5.95 Å². The molecule has 0 spiro atoms. The fraction of sp³-hybridized carbons (Fsp3) is 0. The zero-order chi connectivity index (χ0) is 15.1. The van der Waals surface area contributed by atoms with E-state index in [1.807, 2.05) is 0 Å². The number of nitrogens with zero attached hydrogens (tertiary/aromatic N) is 5. The minimum Gasteiger partial charge on any atom is -0.369 e. The zero-order valence-corrected chi connectivity index (χ0v) is 11.0. The number of aromatic nitrogens is 6. The summed E-state index contributed by atoms with van der Waals surface area (Å²) in [5, 5.41) is 18.9. The molecular weight excluding hydrogens is 286 g/mol. The first kappa shape index (κ1) is 12.2. The van der Waals surface area contributed by atoms with Crippen LogP contribution < -0.4 is 11.3 Å². The third kappa shape index (κ3) is 1.90. The molecule has 0 aliphatic heterocycles. The Labute approximate surface area is 121 Å². The molecular formula is C12H9N9O. The van der Waals surface area contributed by atoms with Gasteiger partial charge in [0.1, 0.15) is 27.8 Å². The van der Waals surface area contributed by atoms with Gasteiger partial charge in [0.25, 0.3) is 5.56 Å². The SMILES string of the molecule is Nc1nc2[nH]cc(N=Nc3ccc4n[nH]nc4c3)c2c(=O)[nH]1. The molecule has 4 rings (SSSR count). The van der Waals surface area contributed by atoms with Crippen LogP contribution in [0.2, 0.25) is 0 Å². The summed E-state index contributed by atoms with van der Waals surface area (Å²) in [6.07, 6.45) is 1.55. The number of benzene rings is 1. The molecule has 0 bridgehead atoms. The van der Waals surface area contributed by atoms with Crippen molar-refractivity contribution in [3.8, 4) is 0 Å². The van der Waals surface area contributed by atoms with Gasteiger partial charge in [-0.15, -0.1) is 5.11 Å². The molecule has 10 nitrogen and oxygen atoms in total. The molecule has 0 radical (unpaired) electrons. The Morgan fingerprint density at radius 2 is 2.00 bits per heavy atom. The minimum atomic E-state index is -0.371. The number of azo groups is 1. The van der Waals surface area contributed by atoms with E-state index in [1.165, 1.54) is 0 Å². The molecule has 0 saturated carbocycles. The number of hydrogen-bond donors (Lipinski definition) is 4. The number of hydrogen-bond acceptors (Lipinski definition) is 7. The molecule has 0 atom stereocenters. The second-order valence-electron chi connectivity index (χ2n) is 4.55. The largest absolute Gasteiger partial charge is 0.369 e. The van der Waals surface area contributed by atoms with Crippen molar-refractivity contribution in [2.45, 2.75) is 0 Å². The molecule has 22 heavy (non-hydrogen) atoms. The van der Waals surface area contributed by atoms with Crippen LogP contribution in [0.5, 0.6) is 0 Å². The Balaban J connectivity index is 1.78. The first-order chi connectivity index (χ1) is 10.7. The van der Waals surface area contributed by atoms with Crippen molar-refractivity contribution in [1.29, 1.82) is 0 Å². The first-order valence-electron chi connectivity index (χ1n) is 6.30. The maximum atomic E-state index is 11.9. The fourth-order valence-corrected chi connectivity index (χ4v) is 2.12. The molecule has 0 saturated heterocycles. The maximum absolute atomic E-state index is 11.9. The summed E-state index contributed by atoms with van der Waals surface area (Å²) in [7, 11) is 0. The Morgan fingerprint density at radius 1 is 1.14 bits per heavy atom. The molecule has 108 valence electrons. The van der Waals surface area contributed by atoms with E-state index in [0.29, 0.717) is 27.9 Å². The van der Waals surface area contributed by atoms with Gasteiger partial charge in [0, 0.05) is 6.20 Å². The van der Waals surface area contributed by atoms with Gasteiger partial charge in [-0.2, -0.15) is 25.5 Å². The summed E-state index contributed by atoms with van der Waals surface area (Å²) in [5.74, 6) is 0.0410. The normalized spacial score (nSPS) is 11.8. The predicted molar refractivity (Wildman–Crippen MR) is 79.2 cm³/mol. The Kier molecular flexibility index (Phi) is 2.48. The number of nitrogens with one attached hydrogen (secondary N) is 3. The lowest BCUT2D eigenvalue weighted by Crippen LogP contribution is -2.10. The van der Waals surface area contributed by atoms with Crippen LogP contribution in [-0.4, -0.2) is 30.4 Å². The monoisotopic (exact) mass is 295 g/mol. The van der Waals surface area contributed by atoms with Crippen molar-refractivity contribution in [3.63, 3.8) is 0 Å². The second kappa shape index (κ2) is 4.48. The molecule has 10 heteroatoms. The average molecular weight is 295 g/mol. The van der Waals surface area contributed by atoms with Crippen molar-refractivity contribution in [3.05, 3.63) is 34.7 Å². The van der Waals surface area contributed by atoms with E-state index in [4.69, 9.17) is 5.73 Å². The summed E-state index contributed by atoms with van der Waals surface area (Å²) in [6, 6.07) is 5.26. The topological polar surface area (TPSA) is 154 Å². The van der Waals surface area contributed by atoms with Crippen molar-refractivity contribution < 1.29 is 0 Å². The number of aromatic amines is 3. The van der Waals surface area contributed by atoms with E-state index in [2.05, 4.69) is 40.6 Å². The molecule has 0 unspecified atom stereocenters. The van der Waals surface area contributed by atoms with Crippen molar-refractivity contribution >= 4 is 39.4 Å². The molecule has 1 aromatic carbocycles. The molecule has 0 fully saturated rings. The Hall–Kier alpha value is -3.56. The Morgan fingerprint density at radius 3 is 2.91 bits per heavy atom. The number of rotatable bonds is 2. The average Bonchev–Trinajstić information content (AvgIpc) is 3.10. The number of anilines is 1. The highest BCUT2D eigenvalue weighted by Crippen LogP contribution is 2.25. The summed E-state index contributed by atoms with van der Waals surface area (Å²) >= 11 is 0. The highest BCUT2D eigenvalue weighted by molar-refractivity contribution is 5.87. The lowest BCUT2D eigenvalue weighted by molar-refractivity contribution is 0.959. The standard InChI is InChI=1S/C12H9N9O/c13-12-15-10-9(11(22)16-12)8(4-14-10)18-17-5-1-2-6-7(3-5)20-21-19-6/h1-4H,(H,19,20,21)(H4,13,14,15,16,22). The number of nitrogen functional groups attached to an aromatic ring is 1. The summed E-state index contributed by atoms with van der Waals surface area (Å²) in [4.78, 5) is 21.2. The van der Waals surface area contributed by atoms with Gasteiger partial charge in [-0.3, -0.25) is 9.78 Å². The highest BCUT2D eigenvalue weighted by atomic mass is 16.1. The lowest BCUT2D eigenvalue weighted by Gasteiger charge is -1.93. The number of nitrogens with two attached hydrogens (primary N) is 1. The molecule has 4 aromatic rings. The van der Waals surface area contributed by atoms with E-state index < -0.39 is 0 Å². The van der Waals surface area contributed by atoms with Crippen LogP contribution in [0.25, 0.3) is 22.1 Å². The van der Waals surface area contributed by atoms with E-state index in [9.17, 15) is 4.79 Å². The van der Waals surface area contributed by atoms with Crippen LogP contribution >= 0.6 is 0 Å². The van der Waals surface area contributed by atoms with Gasteiger partial charge in [0.05, 0.1) is 5.69 Å². The van der Waals surface area contributed by atoms with Gasteiger partial charge in [-0.25, -0.2) is 0 Å². The van der Waals surface area contributed by atoms with Crippen LogP contribution in [0.15, 0.2) is 39.4 Å². The lowest BCUT2D eigenvalue weighted by atomic mass is 10.3. The summed E-state index contributed by atoms with van der Waals surface area (Å²) < 4.78 is 0. The zero-order valence-electron chi connectivity index (χ0n) is 11.0. The third-order valence-electron chi connectivity index (χ3n) is 3.11.